The van der Waals surface area contributed by atoms with Gasteiger partial charge in [-0.1, -0.05) is 0 Å². The van der Waals surface area contributed by atoms with E-state index in [4.69, 9.17) is 11.6 Å². The molecule has 0 unspecified atom stereocenters. The molecule has 0 saturated carbocycles. The van der Waals surface area contributed by atoms with Gasteiger partial charge in [0.2, 0.25) is 29.1 Å². The zero-order valence-corrected chi connectivity index (χ0v) is 22.3. The first-order valence-corrected chi connectivity index (χ1v) is 11.5. The summed E-state index contributed by atoms with van der Waals surface area (Å²) in [5.74, 6) is 5.00. The van der Waals surface area contributed by atoms with Crippen molar-refractivity contribution in [2.75, 3.05) is 74.0 Å². The van der Waals surface area contributed by atoms with Gasteiger partial charge in [-0.15, -0.1) is 0 Å². The molecule has 3 heterocycles. The molecule has 0 bridgehead atoms. The lowest BCUT2D eigenvalue weighted by atomic mass is 10.5. The molecule has 0 fully saturated rings. The molecule has 188 valence electrons. The van der Waals surface area contributed by atoms with E-state index in [2.05, 4.69) is 44.9 Å². The Bertz CT molecular complexity index is 1030. The normalized spacial score (nSPS) is 10.9. The first kappa shape index (κ1) is 26.1. The van der Waals surface area contributed by atoms with E-state index in [0.29, 0.717) is 73.3 Å². The summed E-state index contributed by atoms with van der Waals surface area (Å²) in [6.45, 7) is 9.99. The molecule has 0 amide bonds. The van der Waals surface area contributed by atoms with E-state index in [1.807, 2.05) is 75.5 Å². The Morgan fingerprint density at radius 3 is 0.971 bits per heavy atom. The fraction of sp³-hybridized carbons (Fsp3) is 0.571. The largest absolute Gasteiger partial charge is 0.342 e. The lowest BCUT2D eigenvalue weighted by molar-refractivity contribution is 0.754. The van der Waals surface area contributed by atoms with Crippen LogP contribution in [0.3, 0.4) is 0 Å². The van der Waals surface area contributed by atoms with Crippen molar-refractivity contribution >= 4 is 35.4 Å². The van der Waals surface area contributed by atoms with Crippen LogP contribution in [0.5, 0.6) is 0 Å². The van der Waals surface area contributed by atoms with Gasteiger partial charge in [0.1, 0.15) is 23.3 Å². The molecular formula is C21H32ClN13. The molecule has 0 aromatic carbocycles. The standard InChI is InChI=1S/C21H32ClN13/c1-13-23-14(2)26-18(25-13)32(5)9-11-34(7)20-29-17(22)30-21(31-20)35(8)12-10-33(6)19-27-15(3)24-16(4)28-19/h9-12H2,1-8H3. The minimum absolute atomic E-state index is 0.137. The van der Waals surface area contributed by atoms with E-state index in [1.165, 1.54) is 0 Å². The highest BCUT2D eigenvalue weighted by Gasteiger charge is 2.15. The maximum absolute atomic E-state index is 6.23. The molecule has 0 aliphatic rings. The van der Waals surface area contributed by atoms with Crippen molar-refractivity contribution in [1.82, 2.24) is 44.9 Å². The number of aromatic nitrogens is 9. The van der Waals surface area contributed by atoms with Gasteiger partial charge in [0.05, 0.1) is 0 Å². The van der Waals surface area contributed by atoms with Crippen LogP contribution in [-0.4, -0.2) is 99.2 Å². The van der Waals surface area contributed by atoms with Crippen LogP contribution in [0.25, 0.3) is 0 Å². The van der Waals surface area contributed by atoms with Gasteiger partial charge in [-0.2, -0.15) is 34.9 Å². The maximum atomic E-state index is 6.23. The number of hydrogen-bond acceptors (Lipinski definition) is 13. The predicted molar refractivity (Wildman–Crippen MR) is 137 cm³/mol. The molecule has 13 nitrogen and oxygen atoms in total. The quantitative estimate of drug-likeness (QED) is 0.395. The fourth-order valence-electron chi connectivity index (χ4n) is 3.21. The second-order valence-corrected chi connectivity index (χ2v) is 8.69. The second-order valence-electron chi connectivity index (χ2n) is 8.35. The van der Waals surface area contributed by atoms with Crippen molar-refractivity contribution in [2.24, 2.45) is 0 Å². The van der Waals surface area contributed by atoms with Gasteiger partial charge >= 0.3 is 0 Å². The van der Waals surface area contributed by atoms with E-state index in [9.17, 15) is 0 Å². The van der Waals surface area contributed by atoms with Crippen molar-refractivity contribution in [3.8, 4) is 0 Å². The van der Waals surface area contributed by atoms with Gasteiger partial charge in [-0.3, -0.25) is 0 Å². The molecule has 3 rings (SSSR count). The lowest BCUT2D eigenvalue weighted by Gasteiger charge is -2.25. The Balaban J connectivity index is 1.62. The molecule has 0 spiro atoms. The first-order chi connectivity index (χ1) is 16.5. The smallest absolute Gasteiger partial charge is 0.231 e. The number of anilines is 4. The second kappa shape index (κ2) is 11.3. The summed E-state index contributed by atoms with van der Waals surface area (Å²) in [7, 11) is 7.69. The molecular weight excluding hydrogens is 470 g/mol. The zero-order valence-electron chi connectivity index (χ0n) is 21.5. The van der Waals surface area contributed by atoms with Crippen LogP contribution in [0.1, 0.15) is 23.3 Å². The molecule has 14 heteroatoms. The highest BCUT2D eigenvalue weighted by atomic mass is 35.5. The van der Waals surface area contributed by atoms with Crippen LogP contribution in [0, 0.1) is 27.7 Å². The van der Waals surface area contributed by atoms with Gasteiger partial charge in [-0.25, -0.2) is 9.97 Å². The van der Waals surface area contributed by atoms with Crippen LogP contribution in [0.4, 0.5) is 23.8 Å². The Morgan fingerprint density at radius 2 is 0.686 bits per heavy atom. The Morgan fingerprint density at radius 1 is 0.429 bits per heavy atom. The number of aryl methyl sites for hydroxylation is 4. The summed E-state index contributed by atoms with van der Waals surface area (Å²) in [4.78, 5) is 47.1. The number of hydrogen-bond donors (Lipinski definition) is 0. The molecule has 0 radical (unpaired) electrons. The lowest BCUT2D eigenvalue weighted by Crippen LogP contribution is -2.34. The molecule has 0 aliphatic heterocycles. The summed E-state index contributed by atoms with van der Waals surface area (Å²) in [5.41, 5.74) is 0. The summed E-state index contributed by atoms with van der Waals surface area (Å²) in [6.07, 6.45) is 0. The maximum Gasteiger partial charge on any atom is 0.231 e. The van der Waals surface area contributed by atoms with E-state index >= 15 is 0 Å². The Hall–Kier alpha value is -3.48. The minimum atomic E-state index is 0.137. The molecule has 0 N–H and O–H groups in total. The highest BCUT2D eigenvalue weighted by molar-refractivity contribution is 6.28. The van der Waals surface area contributed by atoms with Crippen LogP contribution >= 0.6 is 11.6 Å². The number of halogens is 1. The van der Waals surface area contributed by atoms with E-state index < -0.39 is 0 Å². The van der Waals surface area contributed by atoms with Gasteiger partial charge in [-0.05, 0) is 39.3 Å². The highest BCUT2D eigenvalue weighted by Crippen LogP contribution is 2.16. The number of rotatable bonds is 10. The monoisotopic (exact) mass is 501 g/mol. The summed E-state index contributed by atoms with van der Waals surface area (Å²) in [5, 5.41) is 0.137. The number of likely N-dealkylation sites (N-methyl/N-ethyl adjacent to an activating group) is 4. The summed E-state index contributed by atoms with van der Waals surface area (Å²) in [6, 6.07) is 0. The van der Waals surface area contributed by atoms with E-state index in [1.54, 1.807) is 0 Å². The molecule has 0 saturated heterocycles. The average Bonchev–Trinajstić information content (AvgIpc) is 2.78. The minimum Gasteiger partial charge on any atom is -0.342 e. The van der Waals surface area contributed by atoms with E-state index in [-0.39, 0.29) is 5.28 Å². The van der Waals surface area contributed by atoms with Crippen LogP contribution in [0.15, 0.2) is 0 Å². The Kier molecular flexibility index (Phi) is 8.43. The first-order valence-electron chi connectivity index (χ1n) is 11.2. The topological polar surface area (TPSA) is 129 Å². The van der Waals surface area contributed by atoms with E-state index in [0.717, 1.165) is 0 Å². The van der Waals surface area contributed by atoms with Crippen LogP contribution in [0.2, 0.25) is 5.28 Å². The number of nitrogens with zero attached hydrogens (tertiary/aromatic N) is 13. The molecule has 35 heavy (non-hydrogen) atoms. The van der Waals surface area contributed by atoms with Crippen molar-refractivity contribution in [3.63, 3.8) is 0 Å². The molecule has 0 atom stereocenters. The molecule has 0 aliphatic carbocycles. The van der Waals surface area contributed by atoms with Gasteiger partial charge in [0, 0.05) is 54.4 Å². The zero-order chi connectivity index (χ0) is 25.7. The molecule has 3 aromatic rings. The van der Waals surface area contributed by atoms with Crippen LogP contribution < -0.4 is 19.6 Å². The van der Waals surface area contributed by atoms with Gasteiger partial charge in [0.15, 0.2) is 0 Å². The summed E-state index contributed by atoms with van der Waals surface area (Å²) < 4.78 is 0. The van der Waals surface area contributed by atoms with Gasteiger partial charge < -0.3 is 19.6 Å². The predicted octanol–water partition coefficient (Wildman–Crippen LogP) is 1.27. The van der Waals surface area contributed by atoms with Crippen molar-refractivity contribution < 1.29 is 0 Å². The van der Waals surface area contributed by atoms with Crippen molar-refractivity contribution in [3.05, 3.63) is 28.6 Å². The fourth-order valence-corrected chi connectivity index (χ4v) is 3.36. The van der Waals surface area contributed by atoms with Gasteiger partial charge in [0.25, 0.3) is 0 Å². The third-order valence-electron chi connectivity index (χ3n) is 5.19. The van der Waals surface area contributed by atoms with Crippen molar-refractivity contribution in [2.45, 2.75) is 27.7 Å². The van der Waals surface area contributed by atoms with Crippen LogP contribution in [-0.2, 0) is 0 Å². The molecule has 3 aromatic heterocycles. The third kappa shape index (κ3) is 7.25. The average molecular weight is 502 g/mol. The SMILES string of the molecule is Cc1nc(C)nc(N(C)CCN(C)c2nc(Cl)nc(N(C)CCN(C)c3nc(C)nc(C)n3)n2)n1. The summed E-state index contributed by atoms with van der Waals surface area (Å²) >= 11 is 6.23. The third-order valence-corrected chi connectivity index (χ3v) is 5.36. The van der Waals surface area contributed by atoms with Crippen molar-refractivity contribution in [1.29, 1.82) is 0 Å². The Labute approximate surface area is 210 Å².